The number of anilines is 1. The van der Waals surface area contributed by atoms with Crippen molar-refractivity contribution < 1.29 is 9.53 Å². The Morgan fingerprint density at radius 1 is 0.964 bits per heavy atom. The lowest BCUT2D eigenvalue weighted by Gasteiger charge is -2.15. The largest absolute Gasteiger partial charge is 0.484 e. The van der Waals surface area contributed by atoms with Crippen molar-refractivity contribution in [1.29, 1.82) is 0 Å². The molecule has 0 aliphatic carbocycles. The number of nitrogens with one attached hydrogen (secondary N) is 2. The molecule has 144 valence electrons. The van der Waals surface area contributed by atoms with E-state index in [9.17, 15) is 4.79 Å². The Bertz CT molecular complexity index is 892. The van der Waals surface area contributed by atoms with Crippen molar-refractivity contribution in [2.24, 2.45) is 0 Å². The van der Waals surface area contributed by atoms with Crippen LogP contribution >= 0.6 is 0 Å². The minimum atomic E-state index is -0.176. The van der Waals surface area contributed by atoms with Gasteiger partial charge in [-0.05, 0) is 49.2 Å². The van der Waals surface area contributed by atoms with Gasteiger partial charge in [0.25, 0.3) is 5.91 Å². The first-order valence-corrected chi connectivity index (χ1v) is 9.47. The number of carbonyl (C=O) groups is 1. The van der Waals surface area contributed by atoms with E-state index in [1.165, 1.54) is 5.56 Å². The van der Waals surface area contributed by atoms with E-state index in [-0.39, 0.29) is 18.6 Å². The van der Waals surface area contributed by atoms with Crippen LogP contribution in [0.2, 0.25) is 0 Å². The highest BCUT2D eigenvalue weighted by molar-refractivity contribution is 5.91. The first kappa shape index (κ1) is 19.6. The summed E-state index contributed by atoms with van der Waals surface area (Å²) in [5.74, 6) is 0.510. The Balaban J connectivity index is 1.49. The maximum atomic E-state index is 12.1. The van der Waals surface area contributed by atoms with E-state index in [2.05, 4.69) is 29.7 Å². The Morgan fingerprint density at radius 2 is 1.71 bits per heavy atom. The highest BCUT2D eigenvalue weighted by Crippen LogP contribution is 2.16. The van der Waals surface area contributed by atoms with Crippen LogP contribution in [-0.2, 0) is 11.3 Å². The fraction of sp³-hybridized carbons (Fsp3) is 0.208. The summed E-state index contributed by atoms with van der Waals surface area (Å²) in [6, 6.07) is 26.1. The lowest BCUT2D eigenvalue weighted by atomic mass is 10.1. The van der Waals surface area contributed by atoms with Crippen LogP contribution in [0, 0.1) is 6.92 Å². The number of hydrogen-bond acceptors (Lipinski definition) is 3. The fourth-order valence-electron chi connectivity index (χ4n) is 2.86. The van der Waals surface area contributed by atoms with Crippen LogP contribution in [0.1, 0.15) is 29.7 Å². The molecule has 28 heavy (non-hydrogen) atoms. The molecule has 0 heterocycles. The number of hydrogen-bond donors (Lipinski definition) is 2. The molecule has 0 aromatic heterocycles. The van der Waals surface area contributed by atoms with Gasteiger partial charge in [0.15, 0.2) is 6.61 Å². The van der Waals surface area contributed by atoms with Crippen LogP contribution in [0.25, 0.3) is 0 Å². The van der Waals surface area contributed by atoms with Gasteiger partial charge in [-0.2, -0.15) is 0 Å². The minimum absolute atomic E-state index is 0.0226. The van der Waals surface area contributed by atoms with Gasteiger partial charge >= 0.3 is 0 Å². The van der Waals surface area contributed by atoms with Crippen molar-refractivity contribution >= 4 is 11.6 Å². The van der Waals surface area contributed by atoms with Gasteiger partial charge in [-0.1, -0.05) is 60.2 Å². The number of carbonyl (C=O) groups excluding carboxylic acids is 1. The fourth-order valence-corrected chi connectivity index (χ4v) is 2.86. The van der Waals surface area contributed by atoms with Gasteiger partial charge in [-0.15, -0.1) is 0 Å². The van der Waals surface area contributed by atoms with E-state index in [4.69, 9.17) is 4.74 Å². The first-order chi connectivity index (χ1) is 13.6. The number of ether oxygens (including phenoxy) is 1. The summed E-state index contributed by atoms with van der Waals surface area (Å²) in [7, 11) is 0. The highest BCUT2D eigenvalue weighted by atomic mass is 16.5. The summed E-state index contributed by atoms with van der Waals surface area (Å²) in [4.78, 5) is 12.1. The standard InChI is InChI=1S/C24H26N2O2/c1-18-11-13-22(14-12-18)26-24(27)17-28-23-10-6-7-20(15-23)16-25-19(2)21-8-4-3-5-9-21/h3-15,19,25H,16-17H2,1-2H3,(H,26,27). The lowest BCUT2D eigenvalue weighted by molar-refractivity contribution is -0.118. The summed E-state index contributed by atoms with van der Waals surface area (Å²) in [6.07, 6.45) is 0. The zero-order chi connectivity index (χ0) is 19.8. The molecule has 4 heteroatoms. The summed E-state index contributed by atoms with van der Waals surface area (Å²) in [5.41, 5.74) is 4.29. The molecule has 0 fully saturated rings. The molecular formula is C24H26N2O2. The number of amides is 1. The molecule has 4 nitrogen and oxygen atoms in total. The van der Waals surface area contributed by atoms with Crippen LogP contribution in [0.3, 0.4) is 0 Å². The van der Waals surface area contributed by atoms with Crippen molar-refractivity contribution in [3.8, 4) is 5.75 Å². The van der Waals surface area contributed by atoms with Crippen LogP contribution in [0.4, 0.5) is 5.69 Å². The molecule has 1 amide bonds. The van der Waals surface area contributed by atoms with E-state index in [0.717, 1.165) is 23.4 Å². The van der Waals surface area contributed by atoms with E-state index >= 15 is 0 Å². The molecule has 3 aromatic rings. The Labute approximate surface area is 166 Å². The van der Waals surface area contributed by atoms with Gasteiger partial charge in [-0.3, -0.25) is 4.79 Å². The number of aryl methyl sites for hydroxylation is 1. The molecule has 0 bridgehead atoms. The maximum absolute atomic E-state index is 12.1. The van der Waals surface area contributed by atoms with Gasteiger partial charge in [0.05, 0.1) is 0 Å². The zero-order valence-corrected chi connectivity index (χ0v) is 16.3. The average molecular weight is 374 g/mol. The number of benzene rings is 3. The summed E-state index contributed by atoms with van der Waals surface area (Å²) < 4.78 is 5.66. The van der Waals surface area contributed by atoms with Crippen molar-refractivity contribution in [2.75, 3.05) is 11.9 Å². The van der Waals surface area contributed by atoms with Gasteiger partial charge in [0, 0.05) is 18.3 Å². The molecule has 0 aliphatic rings. The van der Waals surface area contributed by atoms with Crippen LogP contribution < -0.4 is 15.4 Å². The molecule has 3 aromatic carbocycles. The van der Waals surface area contributed by atoms with Gasteiger partial charge in [-0.25, -0.2) is 0 Å². The second-order valence-electron chi connectivity index (χ2n) is 6.86. The quantitative estimate of drug-likeness (QED) is 0.592. The SMILES string of the molecule is Cc1ccc(NC(=O)COc2cccc(CNC(C)c3ccccc3)c2)cc1. The number of rotatable bonds is 8. The second-order valence-corrected chi connectivity index (χ2v) is 6.86. The molecular weight excluding hydrogens is 348 g/mol. The maximum Gasteiger partial charge on any atom is 0.262 e. The average Bonchev–Trinajstić information content (AvgIpc) is 2.73. The predicted octanol–water partition coefficient (Wildman–Crippen LogP) is 4.86. The molecule has 0 aliphatic heterocycles. The summed E-state index contributed by atoms with van der Waals surface area (Å²) in [5, 5.41) is 6.35. The van der Waals surface area contributed by atoms with Gasteiger partial charge in [0.2, 0.25) is 0 Å². The van der Waals surface area contributed by atoms with Crippen LogP contribution in [-0.4, -0.2) is 12.5 Å². The molecule has 2 N–H and O–H groups in total. The van der Waals surface area contributed by atoms with Crippen molar-refractivity contribution in [3.63, 3.8) is 0 Å². The molecule has 0 radical (unpaired) electrons. The normalized spacial score (nSPS) is 11.6. The highest BCUT2D eigenvalue weighted by Gasteiger charge is 2.06. The third-order valence-corrected chi connectivity index (χ3v) is 4.52. The van der Waals surface area contributed by atoms with E-state index in [0.29, 0.717) is 5.75 Å². The smallest absolute Gasteiger partial charge is 0.262 e. The predicted molar refractivity (Wildman–Crippen MR) is 113 cm³/mol. The molecule has 0 spiro atoms. The zero-order valence-electron chi connectivity index (χ0n) is 16.3. The van der Waals surface area contributed by atoms with Crippen molar-refractivity contribution in [3.05, 3.63) is 95.6 Å². The van der Waals surface area contributed by atoms with E-state index < -0.39 is 0 Å². The third kappa shape index (κ3) is 5.96. The van der Waals surface area contributed by atoms with Gasteiger partial charge < -0.3 is 15.4 Å². The molecule has 0 saturated carbocycles. The Kier molecular flexibility index (Phi) is 6.82. The topological polar surface area (TPSA) is 50.4 Å². The second kappa shape index (κ2) is 9.72. The minimum Gasteiger partial charge on any atom is -0.484 e. The summed E-state index contributed by atoms with van der Waals surface area (Å²) in [6.45, 7) is 4.86. The summed E-state index contributed by atoms with van der Waals surface area (Å²) >= 11 is 0. The van der Waals surface area contributed by atoms with Crippen LogP contribution in [0.5, 0.6) is 5.75 Å². The third-order valence-electron chi connectivity index (χ3n) is 4.52. The van der Waals surface area contributed by atoms with E-state index in [1.54, 1.807) is 0 Å². The van der Waals surface area contributed by atoms with Crippen LogP contribution in [0.15, 0.2) is 78.9 Å². The molecule has 1 atom stereocenters. The monoisotopic (exact) mass is 374 g/mol. The van der Waals surface area contributed by atoms with E-state index in [1.807, 2.05) is 73.7 Å². The molecule has 1 unspecified atom stereocenters. The lowest BCUT2D eigenvalue weighted by Crippen LogP contribution is -2.20. The molecule has 0 saturated heterocycles. The van der Waals surface area contributed by atoms with Crippen molar-refractivity contribution in [2.45, 2.75) is 26.4 Å². The Morgan fingerprint density at radius 3 is 2.46 bits per heavy atom. The van der Waals surface area contributed by atoms with Gasteiger partial charge in [0.1, 0.15) is 5.75 Å². The molecule has 3 rings (SSSR count). The Hall–Kier alpha value is -3.11. The first-order valence-electron chi connectivity index (χ1n) is 9.47. The van der Waals surface area contributed by atoms with Crippen molar-refractivity contribution in [1.82, 2.24) is 5.32 Å².